The van der Waals surface area contributed by atoms with E-state index >= 15 is 0 Å². The molecule has 1 fully saturated rings. The molecule has 3 N–H and O–H groups in total. The van der Waals surface area contributed by atoms with Gasteiger partial charge in [0.05, 0.1) is 0 Å². The van der Waals surface area contributed by atoms with Gasteiger partial charge >= 0.3 is 0 Å². The quantitative estimate of drug-likeness (QED) is 0.578. The van der Waals surface area contributed by atoms with Gasteiger partial charge in [0.15, 0.2) is 0 Å². The van der Waals surface area contributed by atoms with Crippen LogP contribution in [0.2, 0.25) is 0 Å². The van der Waals surface area contributed by atoms with E-state index in [9.17, 15) is 0 Å². The first-order valence-electron chi connectivity index (χ1n) is 7.61. The molecule has 2 atom stereocenters. The zero-order valence-electron chi connectivity index (χ0n) is 12.8. The van der Waals surface area contributed by atoms with E-state index < -0.39 is 0 Å². The minimum absolute atomic E-state index is 0.404. The van der Waals surface area contributed by atoms with Gasteiger partial charge in [0.1, 0.15) is 0 Å². The van der Waals surface area contributed by atoms with Crippen molar-refractivity contribution < 1.29 is 0 Å². The summed E-state index contributed by atoms with van der Waals surface area (Å²) in [5.74, 6) is 7.16. The topological polar surface area (TPSA) is 38.0 Å². The summed E-state index contributed by atoms with van der Waals surface area (Å²) in [6.45, 7) is 9.35. The van der Waals surface area contributed by atoms with E-state index in [1.54, 1.807) is 5.57 Å². The third kappa shape index (κ3) is 5.43. The van der Waals surface area contributed by atoms with Crippen LogP contribution in [0.1, 0.15) is 72.6 Å². The molecule has 0 aromatic rings. The number of allylic oxidation sites excluding steroid dienone is 1. The molecule has 0 spiro atoms. The normalized spacial score (nSPS) is 28.8. The fourth-order valence-electron chi connectivity index (χ4n) is 3.24. The van der Waals surface area contributed by atoms with Gasteiger partial charge in [-0.15, -0.1) is 0 Å². The third-order valence-electron chi connectivity index (χ3n) is 4.24. The van der Waals surface area contributed by atoms with Crippen LogP contribution in [0.25, 0.3) is 0 Å². The number of hydrogen-bond acceptors (Lipinski definition) is 2. The Kier molecular flexibility index (Phi) is 6.20. The number of nitrogens with one attached hydrogen (secondary N) is 1. The van der Waals surface area contributed by atoms with Crippen molar-refractivity contribution in [2.75, 3.05) is 0 Å². The summed E-state index contributed by atoms with van der Waals surface area (Å²) >= 11 is 0. The lowest BCUT2D eigenvalue weighted by Crippen LogP contribution is -2.22. The van der Waals surface area contributed by atoms with Crippen molar-refractivity contribution in [3.63, 3.8) is 0 Å². The first-order valence-corrected chi connectivity index (χ1v) is 7.61. The van der Waals surface area contributed by atoms with Crippen molar-refractivity contribution >= 4 is 0 Å². The van der Waals surface area contributed by atoms with E-state index in [-0.39, 0.29) is 0 Å². The molecule has 1 aliphatic carbocycles. The van der Waals surface area contributed by atoms with Crippen LogP contribution in [0.15, 0.2) is 11.8 Å². The highest BCUT2D eigenvalue weighted by Gasteiger charge is 2.24. The number of hydrogen-bond donors (Lipinski definition) is 2. The lowest BCUT2D eigenvalue weighted by molar-refractivity contribution is 0.275. The molecule has 2 unspecified atom stereocenters. The van der Waals surface area contributed by atoms with E-state index in [2.05, 4.69) is 39.3 Å². The number of rotatable bonds is 3. The van der Waals surface area contributed by atoms with Gasteiger partial charge in [0, 0.05) is 6.20 Å². The van der Waals surface area contributed by atoms with Crippen molar-refractivity contribution in [2.45, 2.75) is 72.6 Å². The summed E-state index contributed by atoms with van der Waals surface area (Å²) in [7, 11) is 0. The minimum atomic E-state index is 0.404. The second-order valence-corrected chi connectivity index (χ2v) is 7.09. The molecule has 0 amide bonds. The number of hydrazine groups is 1. The number of nitrogens with two attached hydrogens (primary N) is 1. The molecule has 0 radical (unpaired) electrons. The largest absolute Gasteiger partial charge is 0.331 e. The van der Waals surface area contributed by atoms with Crippen molar-refractivity contribution in [1.82, 2.24) is 5.43 Å². The van der Waals surface area contributed by atoms with Gasteiger partial charge in [0.25, 0.3) is 0 Å². The smallest absolute Gasteiger partial charge is 0.0117 e. The zero-order valence-corrected chi connectivity index (χ0v) is 12.8. The summed E-state index contributed by atoms with van der Waals surface area (Å²) < 4.78 is 0. The Morgan fingerprint density at radius 1 is 1.28 bits per heavy atom. The lowest BCUT2D eigenvalue weighted by atomic mass is 9.75. The molecule has 0 aromatic heterocycles. The van der Waals surface area contributed by atoms with E-state index in [0.29, 0.717) is 5.41 Å². The molecule has 18 heavy (non-hydrogen) atoms. The molecule has 1 aliphatic rings. The predicted octanol–water partition coefficient (Wildman–Crippen LogP) is 4.38. The SMILES string of the molecule is CCC1CCCC(CC(C)(C)C)/C(=C\NN)CC1. The van der Waals surface area contributed by atoms with Gasteiger partial charge in [-0.25, -0.2) is 0 Å². The van der Waals surface area contributed by atoms with Crippen LogP contribution in [0.4, 0.5) is 0 Å². The summed E-state index contributed by atoms with van der Waals surface area (Å²) in [6.07, 6.45) is 11.4. The summed E-state index contributed by atoms with van der Waals surface area (Å²) in [4.78, 5) is 0. The van der Waals surface area contributed by atoms with Gasteiger partial charge < -0.3 is 5.43 Å². The molecule has 0 heterocycles. The van der Waals surface area contributed by atoms with E-state index in [1.807, 2.05) is 0 Å². The van der Waals surface area contributed by atoms with Crippen molar-refractivity contribution in [2.24, 2.45) is 23.1 Å². The van der Waals surface area contributed by atoms with Crippen LogP contribution in [0.3, 0.4) is 0 Å². The highest BCUT2D eigenvalue weighted by Crippen LogP contribution is 2.37. The van der Waals surface area contributed by atoms with Gasteiger partial charge in [-0.3, -0.25) is 5.84 Å². The maximum absolute atomic E-state index is 5.52. The van der Waals surface area contributed by atoms with Crippen LogP contribution in [0.5, 0.6) is 0 Å². The Morgan fingerprint density at radius 3 is 2.56 bits per heavy atom. The van der Waals surface area contributed by atoms with Gasteiger partial charge in [0.2, 0.25) is 0 Å². The molecule has 106 valence electrons. The molecule has 2 nitrogen and oxygen atoms in total. The second-order valence-electron chi connectivity index (χ2n) is 7.09. The first kappa shape index (κ1) is 15.6. The molecule has 1 rings (SSSR count). The van der Waals surface area contributed by atoms with E-state index in [4.69, 9.17) is 5.84 Å². The van der Waals surface area contributed by atoms with Gasteiger partial charge in [-0.2, -0.15) is 0 Å². The fraction of sp³-hybridized carbons (Fsp3) is 0.875. The maximum atomic E-state index is 5.52. The molecule has 1 saturated carbocycles. The molecular formula is C16H32N2. The van der Waals surface area contributed by atoms with Crippen molar-refractivity contribution in [1.29, 1.82) is 0 Å². The summed E-state index contributed by atoms with van der Waals surface area (Å²) in [5.41, 5.74) is 4.72. The minimum Gasteiger partial charge on any atom is -0.331 e. The van der Waals surface area contributed by atoms with Crippen LogP contribution >= 0.6 is 0 Å². The fourth-order valence-corrected chi connectivity index (χ4v) is 3.24. The lowest BCUT2D eigenvalue weighted by Gasteiger charge is -2.31. The van der Waals surface area contributed by atoms with Crippen molar-refractivity contribution in [3.05, 3.63) is 11.8 Å². The summed E-state index contributed by atoms with van der Waals surface area (Å²) in [5, 5.41) is 0. The molecular weight excluding hydrogens is 220 g/mol. The Labute approximate surface area is 113 Å². The van der Waals surface area contributed by atoms with Crippen LogP contribution in [-0.4, -0.2) is 0 Å². The monoisotopic (exact) mass is 252 g/mol. The highest BCUT2D eigenvalue weighted by molar-refractivity contribution is 5.07. The van der Waals surface area contributed by atoms with Gasteiger partial charge in [-0.1, -0.05) is 47.0 Å². The summed E-state index contributed by atoms with van der Waals surface area (Å²) in [6, 6.07) is 0. The zero-order chi connectivity index (χ0) is 13.6. The van der Waals surface area contributed by atoms with E-state index in [0.717, 1.165) is 11.8 Å². The Hall–Kier alpha value is -0.500. The molecule has 0 saturated heterocycles. The Morgan fingerprint density at radius 2 is 2.00 bits per heavy atom. The van der Waals surface area contributed by atoms with Crippen LogP contribution < -0.4 is 11.3 Å². The highest BCUT2D eigenvalue weighted by atomic mass is 15.2. The Bertz CT molecular complexity index is 263. The molecule has 2 heteroatoms. The average molecular weight is 252 g/mol. The third-order valence-corrected chi connectivity index (χ3v) is 4.24. The Balaban J connectivity index is 2.71. The van der Waals surface area contributed by atoms with Crippen molar-refractivity contribution in [3.8, 4) is 0 Å². The van der Waals surface area contributed by atoms with E-state index in [1.165, 1.54) is 44.9 Å². The first-order chi connectivity index (χ1) is 8.46. The molecule has 0 aliphatic heterocycles. The predicted molar refractivity (Wildman–Crippen MR) is 79.8 cm³/mol. The standard InChI is InChI=1S/C16H32N2/c1-5-13-7-6-8-14(11-16(2,3)4)15(10-9-13)12-18-17/h12-14,18H,5-11,17H2,1-4H3/b15-12-. The molecule has 0 aromatic carbocycles. The van der Waals surface area contributed by atoms with Crippen LogP contribution in [-0.2, 0) is 0 Å². The van der Waals surface area contributed by atoms with Gasteiger partial charge in [-0.05, 0) is 48.5 Å². The molecule has 0 bridgehead atoms. The average Bonchev–Trinajstić information content (AvgIpc) is 2.26. The second kappa shape index (κ2) is 7.18. The maximum Gasteiger partial charge on any atom is 0.0117 e. The van der Waals surface area contributed by atoms with Crippen LogP contribution in [0, 0.1) is 17.3 Å².